The first-order valence-electron chi connectivity index (χ1n) is 6.68. The second-order valence-corrected chi connectivity index (χ2v) is 4.95. The molecule has 21 heavy (non-hydrogen) atoms. The first-order chi connectivity index (χ1) is 10.1. The first kappa shape index (κ1) is 12.0. The number of aromatic nitrogens is 7. The fraction of sp³-hybridized carbons (Fsp3) is 0.308. The molecular formula is C13H13N7O. The normalized spacial score (nSPS) is 12.0. The van der Waals surface area contributed by atoms with Gasteiger partial charge >= 0.3 is 0 Å². The number of nitrogens with zero attached hydrogens (tertiary/aromatic N) is 7. The van der Waals surface area contributed by atoms with Gasteiger partial charge in [-0.3, -0.25) is 9.36 Å². The van der Waals surface area contributed by atoms with Crippen molar-refractivity contribution < 1.29 is 0 Å². The molecule has 0 radical (unpaired) electrons. The van der Waals surface area contributed by atoms with E-state index in [9.17, 15) is 4.79 Å². The predicted molar refractivity (Wildman–Crippen MR) is 77.2 cm³/mol. The van der Waals surface area contributed by atoms with Crippen LogP contribution in [0.1, 0.15) is 12.6 Å². The minimum Gasteiger partial charge on any atom is -0.279 e. The largest absolute Gasteiger partial charge is 0.279 e. The van der Waals surface area contributed by atoms with Gasteiger partial charge in [-0.15, -0.1) is 0 Å². The summed E-state index contributed by atoms with van der Waals surface area (Å²) in [5.74, 6) is 0.503. The molecule has 8 heteroatoms. The van der Waals surface area contributed by atoms with Crippen molar-refractivity contribution >= 4 is 27.7 Å². The maximum absolute atomic E-state index is 12.6. The third kappa shape index (κ3) is 1.36. The first-order valence-corrected chi connectivity index (χ1v) is 6.68. The van der Waals surface area contributed by atoms with E-state index in [1.807, 2.05) is 18.5 Å². The molecule has 4 aromatic rings. The molecule has 0 saturated carbocycles. The van der Waals surface area contributed by atoms with E-state index in [4.69, 9.17) is 0 Å². The van der Waals surface area contributed by atoms with Gasteiger partial charge in [0, 0.05) is 13.6 Å². The lowest BCUT2D eigenvalue weighted by atomic mass is 10.2. The summed E-state index contributed by atoms with van der Waals surface area (Å²) in [7, 11) is 1.69. The lowest BCUT2D eigenvalue weighted by Crippen LogP contribution is -2.21. The zero-order chi connectivity index (χ0) is 14.7. The summed E-state index contributed by atoms with van der Waals surface area (Å²) in [6, 6.07) is 0. The average Bonchev–Trinajstić information content (AvgIpc) is 3.09. The Kier molecular flexibility index (Phi) is 2.21. The Morgan fingerprint density at radius 2 is 2.10 bits per heavy atom. The monoisotopic (exact) mass is 283 g/mol. The van der Waals surface area contributed by atoms with Crippen LogP contribution >= 0.6 is 0 Å². The highest BCUT2D eigenvalue weighted by molar-refractivity contribution is 6.03. The Morgan fingerprint density at radius 1 is 1.29 bits per heavy atom. The van der Waals surface area contributed by atoms with Crippen LogP contribution in [0.5, 0.6) is 0 Å². The van der Waals surface area contributed by atoms with E-state index in [1.165, 1.54) is 10.9 Å². The van der Waals surface area contributed by atoms with Gasteiger partial charge in [0.05, 0.1) is 28.2 Å². The standard InChI is InChI=1S/C13H13N7O/c1-4-19-11-8(5-15-19)10-9(7(2)17-11)12(21)18(3)13-14-6-16-20(10)13/h5-6H,4H2,1-3H3. The molecule has 0 aromatic carbocycles. The average molecular weight is 283 g/mol. The van der Waals surface area contributed by atoms with E-state index in [1.54, 1.807) is 17.8 Å². The summed E-state index contributed by atoms with van der Waals surface area (Å²) in [5, 5.41) is 9.95. The number of aryl methyl sites for hydroxylation is 3. The summed E-state index contributed by atoms with van der Waals surface area (Å²) in [6.45, 7) is 4.55. The van der Waals surface area contributed by atoms with Crippen molar-refractivity contribution in [1.82, 2.24) is 33.9 Å². The minimum atomic E-state index is -0.123. The molecule has 0 spiro atoms. The molecule has 0 unspecified atom stereocenters. The SMILES string of the molecule is CCn1ncc2c1nc(C)c1c(=O)n(C)c3ncnn3c12. The molecule has 4 heterocycles. The van der Waals surface area contributed by atoms with Crippen LogP contribution in [0.15, 0.2) is 17.3 Å². The smallest absolute Gasteiger partial charge is 0.264 e. The van der Waals surface area contributed by atoms with Gasteiger partial charge in [-0.2, -0.15) is 19.7 Å². The molecule has 0 aliphatic heterocycles. The predicted octanol–water partition coefficient (Wildman–Crippen LogP) is 0.654. The third-order valence-electron chi connectivity index (χ3n) is 3.80. The van der Waals surface area contributed by atoms with E-state index >= 15 is 0 Å². The van der Waals surface area contributed by atoms with Crippen molar-refractivity contribution in [2.75, 3.05) is 0 Å². The fourth-order valence-electron chi connectivity index (χ4n) is 2.77. The quantitative estimate of drug-likeness (QED) is 0.512. The number of pyridine rings is 1. The van der Waals surface area contributed by atoms with Crippen LogP contribution in [-0.4, -0.2) is 33.9 Å². The van der Waals surface area contributed by atoms with Crippen molar-refractivity contribution in [3.05, 3.63) is 28.6 Å². The number of hydrogen-bond donors (Lipinski definition) is 0. The minimum absolute atomic E-state index is 0.123. The number of fused-ring (bicyclic) bond motifs is 5. The number of hydrogen-bond acceptors (Lipinski definition) is 5. The molecule has 4 aromatic heterocycles. The third-order valence-corrected chi connectivity index (χ3v) is 3.80. The lowest BCUT2D eigenvalue weighted by molar-refractivity contribution is 0.676. The van der Waals surface area contributed by atoms with Crippen LogP contribution in [0.3, 0.4) is 0 Å². The van der Waals surface area contributed by atoms with Crippen LogP contribution in [0.2, 0.25) is 0 Å². The second kappa shape index (κ2) is 3.87. The van der Waals surface area contributed by atoms with E-state index in [0.29, 0.717) is 28.9 Å². The molecule has 106 valence electrons. The summed E-state index contributed by atoms with van der Waals surface area (Å²) < 4.78 is 4.97. The van der Waals surface area contributed by atoms with Crippen LogP contribution in [-0.2, 0) is 13.6 Å². The Hall–Kier alpha value is -2.77. The molecule has 0 aliphatic carbocycles. The van der Waals surface area contributed by atoms with Gasteiger partial charge < -0.3 is 0 Å². The van der Waals surface area contributed by atoms with Gasteiger partial charge in [0.25, 0.3) is 5.56 Å². The van der Waals surface area contributed by atoms with Crippen LogP contribution in [0, 0.1) is 6.92 Å². The van der Waals surface area contributed by atoms with Crippen LogP contribution < -0.4 is 5.56 Å². The Bertz CT molecular complexity index is 1070. The van der Waals surface area contributed by atoms with Crippen molar-refractivity contribution in [1.29, 1.82) is 0 Å². The summed E-state index contributed by atoms with van der Waals surface area (Å²) in [4.78, 5) is 21.3. The maximum atomic E-state index is 12.6. The lowest BCUT2D eigenvalue weighted by Gasteiger charge is -2.08. The van der Waals surface area contributed by atoms with Crippen LogP contribution in [0.25, 0.3) is 27.7 Å². The van der Waals surface area contributed by atoms with Crippen LogP contribution in [0.4, 0.5) is 0 Å². The molecule has 0 aliphatic rings. The molecule has 0 atom stereocenters. The highest BCUT2D eigenvalue weighted by atomic mass is 16.1. The van der Waals surface area contributed by atoms with E-state index in [2.05, 4.69) is 20.2 Å². The maximum Gasteiger partial charge on any atom is 0.264 e. The summed E-state index contributed by atoms with van der Waals surface area (Å²) >= 11 is 0. The van der Waals surface area contributed by atoms with Gasteiger partial charge in [-0.1, -0.05) is 0 Å². The molecule has 0 fully saturated rings. The molecular weight excluding hydrogens is 270 g/mol. The second-order valence-electron chi connectivity index (χ2n) is 4.95. The number of rotatable bonds is 1. The van der Waals surface area contributed by atoms with Crippen molar-refractivity contribution in [2.45, 2.75) is 20.4 Å². The Labute approximate surface area is 118 Å². The van der Waals surface area contributed by atoms with Gasteiger partial charge in [-0.05, 0) is 13.8 Å². The molecule has 4 rings (SSSR count). The van der Waals surface area contributed by atoms with Gasteiger partial charge in [-0.25, -0.2) is 9.67 Å². The van der Waals surface area contributed by atoms with Crippen molar-refractivity contribution in [2.24, 2.45) is 7.05 Å². The highest BCUT2D eigenvalue weighted by Gasteiger charge is 2.18. The molecule has 0 amide bonds. The molecule has 0 bridgehead atoms. The fourth-order valence-corrected chi connectivity index (χ4v) is 2.77. The molecule has 8 nitrogen and oxygen atoms in total. The van der Waals surface area contributed by atoms with Crippen molar-refractivity contribution in [3.63, 3.8) is 0 Å². The molecule has 0 N–H and O–H groups in total. The van der Waals surface area contributed by atoms with E-state index in [-0.39, 0.29) is 5.56 Å². The summed E-state index contributed by atoms with van der Waals surface area (Å²) in [5.41, 5.74) is 2.02. The van der Waals surface area contributed by atoms with Gasteiger partial charge in [0.2, 0.25) is 5.78 Å². The molecule has 0 saturated heterocycles. The Balaban J connectivity index is 2.43. The van der Waals surface area contributed by atoms with E-state index < -0.39 is 0 Å². The zero-order valence-corrected chi connectivity index (χ0v) is 11.9. The summed E-state index contributed by atoms with van der Waals surface area (Å²) in [6.07, 6.45) is 3.17. The van der Waals surface area contributed by atoms with Crippen molar-refractivity contribution in [3.8, 4) is 0 Å². The zero-order valence-electron chi connectivity index (χ0n) is 11.9. The van der Waals surface area contributed by atoms with Gasteiger partial charge in [0.1, 0.15) is 6.33 Å². The highest BCUT2D eigenvalue weighted by Crippen LogP contribution is 2.23. The topological polar surface area (TPSA) is 82.9 Å². The van der Waals surface area contributed by atoms with Gasteiger partial charge in [0.15, 0.2) is 5.65 Å². The van der Waals surface area contributed by atoms with E-state index in [0.717, 1.165) is 11.0 Å². The Morgan fingerprint density at radius 3 is 2.86 bits per heavy atom.